The van der Waals surface area contributed by atoms with E-state index in [1.165, 1.54) is 0 Å². The van der Waals surface area contributed by atoms with Crippen molar-refractivity contribution < 1.29 is 9.90 Å². The van der Waals surface area contributed by atoms with Gasteiger partial charge in [0.2, 0.25) is 0 Å². The number of carboxylic acid groups (broad SMARTS) is 1. The summed E-state index contributed by atoms with van der Waals surface area (Å²) in [5.74, 6) is -0.742. The van der Waals surface area contributed by atoms with Gasteiger partial charge in [-0.15, -0.1) is 0 Å². The van der Waals surface area contributed by atoms with Gasteiger partial charge in [-0.3, -0.25) is 4.79 Å². The summed E-state index contributed by atoms with van der Waals surface area (Å²) in [4.78, 5) is 10.8. The molecule has 0 aromatic carbocycles. The van der Waals surface area contributed by atoms with Gasteiger partial charge < -0.3 is 5.11 Å². The summed E-state index contributed by atoms with van der Waals surface area (Å²) in [6, 6.07) is 0. The summed E-state index contributed by atoms with van der Waals surface area (Å²) in [7, 11) is 0. The summed E-state index contributed by atoms with van der Waals surface area (Å²) in [5.41, 5.74) is 0.970. The van der Waals surface area contributed by atoms with Gasteiger partial charge in [0.15, 0.2) is 0 Å². The lowest BCUT2D eigenvalue weighted by molar-refractivity contribution is -0.139. The first kappa shape index (κ1) is 10.0. The number of rotatable bonds is 3. The monoisotopic (exact) mass is 180 g/mol. The molecule has 2 heteroatoms. The molecule has 1 saturated carbocycles. The third-order valence-corrected chi connectivity index (χ3v) is 2.94. The number of carboxylic acids is 1. The van der Waals surface area contributed by atoms with Gasteiger partial charge in [-0.2, -0.15) is 0 Å². The van der Waals surface area contributed by atoms with Crippen LogP contribution in [0.25, 0.3) is 0 Å². The fourth-order valence-corrected chi connectivity index (χ4v) is 1.81. The normalized spacial score (nSPS) is 31.2. The topological polar surface area (TPSA) is 37.3 Å². The minimum atomic E-state index is -0.692. The molecule has 0 aliphatic heterocycles. The third kappa shape index (κ3) is 1.67. The summed E-state index contributed by atoms with van der Waals surface area (Å²) >= 11 is 0. The van der Waals surface area contributed by atoms with Crippen molar-refractivity contribution in [2.24, 2.45) is 17.3 Å². The minimum absolute atomic E-state index is 0.0872. The van der Waals surface area contributed by atoms with Crippen molar-refractivity contribution in [3.63, 3.8) is 0 Å². The Morgan fingerprint density at radius 2 is 2.08 bits per heavy atom. The van der Waals surface area contributed by atoms with Gasteiger partial charge in [-0.05, 0) is 18.3 Å². The van der Waals surface area contributed by atoms with Crippen LogP contribution in [-0.4, -0.2) is 11.1 Å². The van der Waals surface area contributed by atoms with E-state index in [4.69, 9.17) is 5.11 Å². The maximum atomic E-state index is 10.8. The van der Waals surface area contributed by atoms with E-state index >= 15 is 0 Å². The molecule has 0 heterocycles. The van der Waals surface area contributed by atoms with E-state index in [1.54, 1.807) is 6.08 Å². The lowest BCUT2D eigenvalue weighted by Gasteiger charge is -1.97. The highest BCUT2D eigenvalue weighted by Crippen LogP contribution is 2.59. The molecule has 2 unspecified atom stereocenters. The Hall–Kier alpha value is -1.05. The average Bonchev–Trinajstić information content (AvgIpc) is 2.53. The van der Waals surface area contributed by atoms with Gasteiger partial charge in [0.05, 0.1) is 5.92 Å². The third-order valence-electron chi connectivity index (χ3n) is 2.94. The van der Waals surface area contributed by atoms with Crippen LogP contribution in [-0.2, 0) is 4.79 Å². The Morgan fingerprint density at radius 3 is 2.38 bits per heavy atom. The molecule has 1 N–H and O–H groups in total. The molecule has 1 aliphatic carbocycles. The van der Waals surface area contributed by atoms with E-state index in [9.17, 15) is 4.79 Å². The molecule has 0 amide bonds. The molecule has 0 aromatic heterocycles. The van der Waals surface area contributed by atoms with Crippen molar-refractivity contribution in [2.75, 3.05) is 0 Å². The molecule has 72 valence electrons. The first-order valence-electron chi connectivity index (χ1n) is 4.45. The molecular formula is C11H16O2. The van der Waals surface area contributed by atoms with Gasteiger partial charge in [-0.25, -0.2) is 0 Å². The Balaban J connectivity index is 2.77. The lowest BCUT2D eigenvalue weighted by Crippen LogP contribution is -2.02. The van der Waals surface area contributed by atoms with Crippen LogP contribution < -0.4 is 0 Å². The quantitative estimate of drug-likeness (QED) is 0.677. The van der Waals surface area contributed by atoms with E-state index < -0.39 is 5.97 Å². The van der Waals surface area contributed by atoms with Crippen molar-refractivity contribution in [1.82, 2.24) is 0 Å². The zero-order valence-corrected chi connectivity index (χ0v) is 8.37. The van der Waals surface area contributed by atoms with Crippen molar-refractivity contribution in [3.8, 4) is 0 Å². The molecule has 2 atom stereocenters. The molecule has 0 spiro atoms. The minimum Gasteiger partial charge on any atom is -0.481 e. The average molecular weight is 180 g/mol. The lowest BCUT2D eigenvalue weighted by atomic mass is 10.1. The molecule has 1 aliphatic rings. The summed E-state index contributed by atoms with van der Waals surface area (Å²) in [5, 5.41) is 8.89. The Kier molecular flexibility index (Phi) is 2.33. The zero-order valence-electron chi connectivity index (χ0n) is 8.37. The summed E-state index contributed by atoms with van der Waals surface area (Å²) in [6.07, 6.45) is 3.76. The van der Waals surface area contributed by atoms with Gasteiger partial charge in [0.1, 0.15) is 0 Å². The first-order chi connectivity index (χ1) is 5.91. The smallest absolute Gasteiger partial charge is 0.307 e. The molecule has 0 saturated heterocycles. The predicted molar refractivity (Wildman–Crippen MR) is 52.4 cm³/mol. The van der Waals surface area contributed by atoms with Gasteiger partial charge in [0, 0.05) is 0 Å². The second kappa shape index (κ2) is 3.02. The molecule has 1 rings (SSSR count). The second-order valence-corrected chi connectivity index (χ2v) is 4.28. The maximum absolute atomic E-state index is 10.8. The Labute approximate surface area is 79.0 Å². The van der Waals surface area contributed by atoms with E-state index in [1.807, 2.05) is 26.8 Å². The molecule has 0 aromatic rings. The summed E-state index contributed by atoms with van der Waals surface area (Å²) in [6.45, 7) is 9.57. The van der Waals surface area contributed by atoms with Gasteiger partial charge in [0.25, 0.3) is 0 Å². The maximum Gasteiger partial charge on any atom is 0.307 e. The highest BCUT2D eigenvalue weighted by Gasteiger charge is 2.60. The van der Waals surface area contributed by atoms with Crippen LogP contribution in [0.15, 0.2) is 24.3 Å². The van der Waals surface area contributed by atoms with Gasteiger partial charge in [-0.1, -0.05) is 38.2 Å². The summed E-state index contributed by atoms with van der Waals surface area (Å²) < 4.78 is 0. The van der Waals surface area contributed by atoms with E-state index in [0.717, 1.165) is 5.57 Å². The number of carbonyl (C=O) groups is 1. The fraction of sp³-hybridized carbons (Fsp3) is 0.545. The van der Waals surface area contributed by atoms with Crippen LogP contribution >= 0.6 is 0 Å². The Bertz CT molecular complexity index is 274. The van der Waals surface area contributed by atoms with Crippen LogP contribution in [0.3, 0.4) is 0 Å². The number of aliphatic carboxylic acids is 1. The molecule has 2 nitrogen and oxygen atoms in total. The first-order valence-corrected chi connectivity index (χ1v) is 4.45. The largest absolute Gasteiger partial charge is 0.481 e. The van der Waals surface area contributed by atoms with Crippen molar-refractivity contribution in [3.05, 3.63) is 24.3 Å². The zero-order chi connectivity index (χ0) is 10.2. The standard InChI is InChI=1S/C11H16O2/c1-5-7(2)6-8-9(10(12)13)11(8,3)4/h5-6,8-9H,1H2,2-4H3,(H,12,13)/b7-6-. The van der Waals surface area contributed by atoms with Crippen molar-refractivity contribution >= 4 is 5.97 Å². The fourth-order valence-electron chi connectivity index (χ4n) is 1.81. The van der Waals surface area contributed by atoms with Crippen LogP contribution in [0.5, 0.6) is 0 Å². The van der Waals surface area contributed by atoms with Crippen LogP contribution in [0.2, 0.25) is 0 Å². The molecular weight excluding hydrogens is 164 g/mol. The Morgan fingerprint density at radius 1 is 1.54 bits per heavy atom. The highest BCUT2D eigenvalue weighted by atomic mass is 16.4. The molecule has 13 heavy (non-hydrogen) atoms. The highest BCUT2D eigenvalue weighted by molar-refractivity contribution is 5.76. The number of hydrogen-bond donors (Lipinski definition) is 1. The van der Waals surface area contributed by atoms with Crippen LogP contribution in [0, 0.1) is 17.3 Å². The predicted octanol–water partition coefficient (Wildman–Crippen LogP) is 2.48. The number of hydrogen-bond acceptors (Lipinski definition) is 1. The molecule has 0 bridgehead atoms. The number of allylic oxidation sites excluding steroid dienone is 3. The van der Waals surface area contributed by atoms with Gasteiger partial charge >= 0.3 is 5.97 Å². The SMILES string of the molecule is C=C/C(C)=C\C1C(C(=O)O)C1(C)C. The second-order valence-electron chi connectivity index (χ2n) is 4.28. The van der Waals surface area contributed by atoms with Crippen LogP contribution in [0.1, 0.15) is 20.8 Å². The molecule has 0 radical (unpaired) electrons. The van der Waals surface area contributed by atoms with Crippen molar-refractivity contribution in [2.45, 2.75) is 20.8 Å². The molecule has 1 fully saturated rings. The van der Waals surface area contributed by atoms with Crippen LogP contribution in [0.4, 0.5) is 0 Å². The van der Waals surface area contributed by atoms with E-state index in [0.29, 0.717) is 0 Å². The van der Waals surface area contributed by atoms with Crippen molar-refractivity contribution in [1.29, 1.82) is 0 Å². The van der Waals surface area contributed by atoms with E-state index in [-0.39, 0.29) is 17.3 Å². The van der Waals surface area contributed by atoms with E-state index in [2.05, 4.69) is 6.58 Å².